The van der Waals surface area contributed by atoms with Gasteiger partial charge in [0.2, 0.25) is 5.88 Å². The van der Waals surface area contributed by atoms with Gasteiger partial charge in [0.1, 0.15) is 11.8 Å². The summed E-state index contributed by atoms with van der Waals surface area (Å²) in [5.41, 5.74) is 0.524. The molecule has 17 heavy (non-hydrogen) atoms. The molecule has 2 bridgehead atoms. The van der Waals surface area contributed by atoms with Gasteiger partial charge in [0.25, 0.3) is 0 Å². The van der Waals surface area contributed by atoms with Crippen LogP contribution in [0.4, 0.5) is 0 Å². The minimum atomic E-state index is -0.644. The fourth-order valence-electron chi connectivity index (χ4n) is 2.91. The van der Waals surface area contributed by atoms with Gasteiger partial charge < -0.3 is 14.6 Å². The average molecular weight is 236 g/mol. The topological polar surface area (TPSA) is 64.5 Å². The highest BCUT2D eigenvalue weighted by Crippen LogP contribution is 2.45. The molecular weight excluding hydrogens is 220 g/mol. The summed E-state index contributed by atoms with van der Waals surface area (Å²) in [7, 11) is 1.54. The first-order valence-corrected chi connectivity index (χ1v) is 5.98. The Balaban J connectivity index is 1.84. The molecule has 92 valence electrons. The normalized spacial score (nSPS) is 32.7. The quantitative estimate of drug-likeness (QED) is 0.851. The van der Waals surface area contributed by atoms with Gasteiger partial charge in [0.05, 0.1) is 19.3 Å². The SMILES string of the molecule is COc1nccnc1C(O)C1CC2CCC1O2. The number of methoxy groups -OCH3 is 1. The molecule has 3 rings (SSSR count). The van der Waals surface area contributed by atoms with Crippen LogP contribution < -0.4 is 4.74 Å². The van der Waals surface area contributed by atoms with Crippen LogP contribution in [0.2, 0.25) is 0 Å². The molecule has 2 aliphatic rings. The van der Waals surface area contributed by atoms with E-state index in [9.17, 15) is 5.11 Å². The molecule has 5 nitrogen and oxygen atoms in total. The number of aliphatic hydroxyl groups excluding tert-OH is 1. The van der Waals surface area contributed by atoms with Gasteiger partial charge in [-0.1, -0.05) is 0 Å². The second-order valence-corrected chi connectivity index (χ2v) is 4.67. The average Bonchev–Trinajstić information content (AvgIpc) is 3.00. The zero-order valence-corrected chi connectivity index (χ0v) is 9.74. The van der Waals surface area contributed by atoms with Crippen molar-refractivity contribution in [2.75, 3.05) is 7.11 Å². The number of fused-ring (bicyclic) bond motifs is 2. The molecule has 1 aromatic rings. The Kier molecular flexibility index (Phi) is 2.72. The molecule has 0 saturated carbocycles. The molecule has 3 heterocycles. The van der Waals surface area contributed by atoms with Crippen molar-refractivity contribution in [2.45, 2.75) is 37.6 Å². The van der Waals surface area contributed by atoms with Crippen LogP contribution >= 0.6 is 0 Å². The van der Waals surface area contributed by atoms with Crippen LogP contribution in [-0.2, 0) is 4.74 Å². The highest BCUT2D eigenvalue weighted by atomic mass is 16.5. The number of hydrogen-bond acceptors (Lipinski definition) is 5. The third kappa shape index (κ3) is 1.79. The standard InChI is InChI=1S/C12H16N2O3/c1-16-12-10(13-4-5-14-12)11(15)8-6-7-2-3-9(8)17-7/h4-5,7-9,11,15H,2-3,6H2,1H3. The number of ether oxygens (including phenoxy) is 2. The van der Waals surface area contributed by atoms with Gasteiger partial charge in [0.15, 0.2) is 0 Å². The van der Waals surface area contributed by atoms with E-state index < -0.39 is 6.10 Å². The van der Waals surface area contributed by atoms with E-state index in [0.29, 0.717) is 17.7 Å². The van der Waals surface area contributed by atoms with Crippen LogP contribution in [0, 0.1) is 5.92 Å². The summed E-state index contributed by atoms with van der Waals surface area (Å²) < 4.78 is 10.9. The summed E-state index contributed by atoms with van der Waals surface area (Å²) in [5.74, 6) is 0.530. The molecule has 0 radical (unpaired) electrons. The van der Waals surface area contributed by atoms with Gasteiger partial charge in [-0.05, 0) is 19.3 Å². The predicted molar refractivity (Wildman–Crippen MR) is 59.5 cm³/mol. The molecule has 0 spiro atoms. The second kappa shape index (κ2) is 4.23. The zero-order valence-electron chi connectivity index (χ0n) is 9.74. The van der Waals surface area contributed by atoms with Crippen molar-refractivity contribution in [2.24, 2.45) is 5.92 Å². The van der Waals surface area contributed by atoms with E-state index in [-0.39, 0.29) is 12.0 Å². The van der Waals surface area contributed by atoms with Crippen LogP contribution in [0.3, 0.4) is 0 Å². The number of hydrogen-bond donors (Lipinski definition) is 1. The first-order chi connectivity index (χ1) is 8.29. The summed E-state index contributed by atoms with van der Waals surface area (Å²) in [6.07, 6.45) is 6.05. The first-order valence-electron chi connectivity index (χ1n) is 5.98. The van der Waals surface area contributed by atoms with Gasteiger partial charge >= 0.3 is 0 Å². The smallest absolute Gasteiger partial charge is 0.238 e. The Morgan fingerprint density at radius 3 is 2.88 bits per heavy atom. The molecule has 0 amide bonds. The fraction of sp³-hybridized carbons (Fsp3) is 0.667. The summed E-state index contributed by atoms with van der Waals surface area (Å²) in [4.78, 5) is 8.25. The molecule has 1 N–H and O–H groups in total. The second-order valence-electron chi connectivity index (χ2n) is 4.67. The number of aliphatic hydroxyl groups is 1. The fourth-order valence-corrected chi connectivity index (χ4v) is 2.91. The molecule has 2 aliphatic heterocycles. The lowest BCUT2D eigenvalue weighted by molar-refractivity contribution is 0.0387. The molecule has 5 heteroatoms. The minimum absolute atomic E-state index is 0.124. The first kappa shape index (κ1) is 10.9. The number of rotatable bonds is 3. The maximum absolute atomic E-state index is 10.4. The number of nitrogens with zero attached hydrogens (tertiary/aromatic N) is 2. The molecule has 2 fully saturated rings. The molecule has 4 unspecified atom stereocenters. The van der Waals surface area contributed by atoms with Gasteiger partial charge in [-0.15, -0.1) is 0 Å². The van der Waals surface area contributed by atoms with E-state index in [4.69, 9.17) is 9.47 Å². The van der Waals surface area contributed by atoms with Crippen molar-refractivity contribution in [3.63, 3.8) is 0 Å². The van der Waals surface area contributed by atoms with Gasteiger partial charge in [-0.3, -0.25) is 4.98 Å². The maximum Gasteiger partial charge on any atom is 0.238 e. The Morgan fingerprint density at radius 2 is 2.24 bits per heavy atom. The van der Waals surface area contributed by atoms with E-state index in [2.05, 4.69) is 9.97 Å². The predicted octanol–water partition coefficient (Wildman–Crippen LogP) is 1.09. The van der Waals surface area contributed by atoms with Crippen LogP contribution in [0.15, 0.2) is 12.4 Å². The number of aromatic nitrogens is 2. The van der Waals surface area contributed by atoms with E-state index in [1.165, 1.54) is 7.11 Å². The molecule has 4 atom stereocenters. The molecule has 0 aliphatic carbocycles. The Morgan fingerprint density at radius 1 is 1.41 bits per heavy atom. The third-order valence-corrected chi connectivity index (χ3v) is 3.72. The van der Waals surface area contributed by atoms with E-state index in [1.807, 2.05) is 0 Å². The highest BCUT2D eigenvalue weighted by Gasteiger charge is 2.45. The van der Waals surface area contributed by atoms with Crippen molar-refractivity contribution in [1.29, 1.82) is 0 Å². The van der Waals surface area contributed by atoms with Crippen molar-refractivity contribution in [3.05, 3.63) is 18.1 Å². The zero-order chi connectivity index (χ0) is 11.8. The van der Waals surface area contributed by atoms with Gasteiger partial charge in [0, 0.05) is 18.3 Å². The highest BCUT2D eigenvalue weighted by molar-refractivity contribution is 5.21. The van der Waals surface area contributed by atoms with Crippen LogP contribution in [-0.4, -0.2) is 34.4 Å². The van der Waals surface area contributed by atoms with Crippen molar-refractivity contribution in [3.8, 4) is 5.88 Å². The minimum Gasteiger partial charge on any atom is -0.480 e. The maximum atomic E-state index is 10.4. The molecule has 1 aromatic heterocycles. The van der Waals surface area contributed by atoms with Crippen molar-refractivity contribution < 1.29 is 14.6 Å². The summed E-state index contributed by atoms with van der Waals surface area (Å²) in [6.45, 7) is 0. The Bertz CT molecular complexity index is 412. The van der Waals surface area contributed by atoms with Gasteiger partial charge in [-0.2, -0.15) is 0 Å². The Hall–Kier alpha value is -1.20. The van der Waals surface area contributed by atoms with Crippen molar-refractivity contribution in [1.82, 2.24) is 9.97 Å². The molecular formula is C12H16N2O3. The molecule has 0 aromatic carbocycles. The lowest BCUT2D eigenvalue weighted by Crippen LogP contribution is -2.24. The van der Waals surface area contributed by atoms with Crippen LogP contribution in [0.25, 0.3) is 0 Å². The summed E-state index contributed by atoms with van der Waals surface area (Å²) in [5, 5.41) is 10.4. The monoisotopic (exact) mass is 236 g/mol. The van der Waals surface area contributed by atoms with E-state index >= 15 is 0 Å². The van der Waals surface area contributed by atoms with E-state index in [0.717, 1.165) is 19.3 Å². The third-order valence-electron chi connectivity index (χ3n) is 3.72. The summed E-state index contributed by atoms with van der Waals surface area (Å²) >= 11 is 0. The van der Waals surface area contributed by atoms with Gasteiger partial charge in [-0.25, -0.2) is 4.98 Å². The van der Waals surface area contributed by atoms with Crippen LogP contribution in [0.5, 0.6) is 5.88 Å². The summed E-state index contributed by atoms with van der Waals surface area (Å²) in [6, 6.07) is 0. The van der Waals surface area contributed by atoms with Crippen LogP contribution in [0.1, 0.15) is 31.1 Å². The largest absolute Gasteiger partial charge is 0.480 e. The lowest BCUT2D eigenvalue weighted by atomic mass is 9.84. The Labute approximate surface area is 99.8 Å². The van der Waals surface area contributed by atoms with E-state index in [1.54, 1.807) is 12.4 Å². The molecule has 2 saturated heterocycles. The lowest BCUT2D eigenvalue weighted by Gasteiger charge is -2.24. The van der Waals surface area contributed by atoms with Crippen molar-refractivity contribution >= 4 is 0 Å².